The molecule has 3 nitrogen and oxygen atoms in total. The van der Waals surface area contributed by atoms with E-state index in [9.17, 15) is 23.1 Å². The summed E-state index contributed by atoms with van der Waals surface area (Å²) >= 11 is 0. The van der Waals surface area contributed by atoms with Crippen molar-refractivity contribution in [2.45, 2.75) is 13.1 Å². The van der Waals surface area contributed by atoms with Crippen molar-refractivity contribution in [3.05, 3.63) is 59.2 Å². The molecule has 0 saturated heterocycles. The van der Waals surface area contributed by atoms with Crippen LogP contribution in [0.1, 0.15) is 21.5 Å². The maximum Gasteiger partial charge on any atom is 0.416 e. The average Bonchev–Trinajstić information content (AvgIpc) is 2.38. The lowest BCUT2D eigenvalue weighted by Gasteiger charge is -2.14. The Kier molecular flexibility index (Phi) is 3.88. The molecule has 0 amide bonds. The highest BCUT2D eigenvalue weighted by atomic mass is 19.4. The SMILES string of the molecule is Cc1c(C(F)(F)F)ccc(O)c1C(=O)Oc1ccccc1. The molecule has 0 heterocycles. The van der Waals surface area contributed by atoms with Crippen LogP contribution in [0.2, 0.25) is 0 Å². The molecule has 6 heteroatoms. The van der Waals surface area contributed by atoms with E-state index < -0.39 is 29.0 Å². The number of carbonyl (C=O) groups excluding carboxylic acids is 1. The standard InChI is InChI=1S/C15H11F3O3/c1-9-11(15(16,17)18)7-8-12(19)13(9)14(20)21-10-5-3-2-4-6-10/h2-8,19H,1H3. The molecular formula is C15H11F3O3. The van der Waals surface area contributed by atoms with E-state index >= 15 is 0 Å². The van der Waals surface area contributed by atoms with Crippen LogP contribution in [0.25, 0.3) is 0 Å². The molecule has 0 atom stereocenters. The van der Waals surface area contributed by atoms with E-state index in [2.05, 4.69) is 0 Å². The van der Waals surface area contributed by atoms with Gasteiger partial charge in [-0.3, -0.25) is 0 Å². The van der Waals surface area contributed by atoms with Gasteiger partial charge >= 0.3 is 12.1 Å². The van der Waals surface area contributed by atoms with Crippen molar-refractivity contribution < 1.29 is 27.8 Å². The molecule has 0 unspecified atom stereocenters. The Balaban J connectivity index is 2.41. The highest BCUT2D eigenvalue weighted by Gasteiger charge is 2.35. The Morgan fingerprint density at radius 3 is 2.29 bits per heavy atom. The van der Waals surface area contributed by atoms with E-state index in [1.165, 1.54) is 12.1 Å². The predicted octanol–water partition coefficient (Wildman–Crippen LogP) is 3.94. The van der Waals surface area contributed by atoms with Crippen LogP contribution in [0.4, 0.5) is 13.2 Å². The molecule has 0 aliphatic rings. The summed E-state index contributed by atoms with van der Waals surface area (Å²) in [5.41, 5.74) is -1.85. The zero-order chi connectivity index (χ0) is 15.6. The molecule has 0 spiro atoms. The highest BCUT2D eigenvalue weighted by molar-refractivity contribution is 5.95. The van der Waals surface area contributed by atoms with Gasteiger partial charge in [0.15, 0.2) is 0 Å². The van der Waals surface area contributed by atoms with Gasteiger partial charge in [-0.25, -0.2) is 4.79 Å². The van der Waals surface area contributed by atoms with Crippen LogP contribution in [0.15, 0.2) is 42.5 Å². The van der Waals surface area contributed by atoms with Gasteiger partial charge in [-0.1, -0.05) is 18.2 Å². The summed E-state index contributed by atoms with van der Waals surface area (Å²) in [6, 6.07) is 9.45. The van der Waals surface area contributed by atoms with Crippen molar-refractivity contribution in [2.75, 3.05) is 0 Å². The van der Waals surface area contributed by atoms with E-state index in [4.69, 9.17) is 4.74 Å². The predicted molar refractivity (Wildman–Crippen MR) is 69.2 cm³/mol. The summed E-state index contributed by atoms with van der Waals surface area (Å²) in [5, 5.41) is 9.66. The van der Waals surface area contributed by atoms with E-state index in [1.807, 2.05) is 0 Å². The van der Waals surface area contributed by atoms with Gasteiger partial charge in [0.1, 0.15) is 17.1 Å². The number of hydrogen-bond acceptors (Lipinski definition) is 3. The van der Waals surface area contributed by atoms with Crippen molar-refractivity contribution in [1.29, 1.82) is 0 Å². The Hall–Kier alpha value is -2.50. The van der Waals surface area contributed by atoms with Gasteiger partial charge in [0, 0.05) is 0 Å². The molecule has 21 heavy (non-hydrogen) atoms. The first-order valence-electron chi connectivity index (χ1n) is 5.97. The summed E-state index contributed by atoms with van der Waals surface area (Å²) in [6.45, 7) is 1.12. The molecule has 0 aliphatic carbocycles. The lowest BCUT2D eigenvalue weighted by Crippen LogP contribution is -2.15. The van der Waals surface area contributed by atoms with E-state index in [0.29, 0.717) is 0 Å². The minimum Gasteiger partial charge on any atom is -0.507 e. The zero-order valence-corrected chi connectivity index (χ0v) is 10.9. The molecular weight excluding hydrogens is 285 g/mol. The number of phenolic OH excluding ortho intramolecular Hbond substituents is 1. The topological polar surface area (TPSA) is 46.5 Å². The third kappa shape index (κ3) is 3.16. The number of para-hydroxylation sites is 1. The molecule has 0 aliphatic heterocycles. The normalized spacial score (nSPS) is 11.2. The second-order valence-corrected chi connectivity index (χ2v) is 4.33. The highest BCUT2D eigenvalue weighted by Crippen LogP contribution is 2.36. The summed E-state index contributed by atoms with van der Waals surface area (Å²) in [5.74, 6) is -1.41. The van der Waals surface area contributed by atoms with Gasteiger partial charge in [-0.15, -0.1) is 0 Å². The number of ether oxygens (including phenoxy) is 1. The summed E-state index contributed by atoms with van der Waals surface area (Å²) in [6.07, 6.45) is -4.61. The minimum absolute atomic E-state index is 0.179. The number of esters is 1. The van der Waals surface area contributed by atoms with Crippen molar-refractivity contribution in [3.63, 3.8) is 0 Å². The Morgan fingerprint density at radius 1 is 1.10 bits per heavy atom. The van der Waals surface area contributed by atoms with Crippen LogP contribution >= 0.6 is 0 Å². The van der Waals surface area contributed by atoms with Gasteiger partial charge in [-0.05, 0) is 36.8 Å². The van der Waals surface area contributed by atoms with Gasteiger partial charge in [0.05, 0.1) is 5.56 Å². The fourth-order valence-electron chi connectivity index (χ4n) is 1.91. The van der Waals surface area contributed by atoms with Crippen molar-refractivity contribution in [1.82, 2.24) is 0 Å². The molecule has 2 aromatic rings. The number of benzene rings is 2. The molecule has 1 N–H and O–H groups in total. The monoisotopic (exact) mass is 296 g/mol. The van der Waals surface area contributed by atoms with E-state index in [1.54, 1.807) is 18.2 Å². The number of alkyl halides is 3. The van der Waals surface area contributed by atoms with Gasteiger partial charge in [-0.2, -0.15) is 13.2 Å². The number of rotatable bonds is 2. The van der Waals surface area contributed by atoms with Crippen LogP contribution in [-0.2, 0) is 6.18 Å². The van der Waals surface area contributed by atoms with E-state index in [0.717, 1.165) is 19.1 Å². The van der Waals surface area contributed by atoms with E-state index in [-0.39, 0.29) is 11.3 Å². The first-order valence-corrected chi connectivity index (χ1v) is 5.97. The molecule has 0 fully saturated rings. The van der Waals surface area contributed by atoms with Crippen LogP contribution in [0.3, 0.4) is 0 Å². The largest absolute Gasteiger partial charge is 0.507 e. The number of aromatic hydroxyl groups is 1. The molecule has 2 aromatic carbocycles. The Morgan fingerprint density at radius 2 is 1.71 bits per heavy atom. The van der Waals surface area contributed by atoms with Crippen molar-refractivity contribution >= 4 is 5.97 Å². The molecule has 0 saturated carbocycles. The molecule has 0 bridgehead atoms. The second kappa shape index (κ2) is 5.47. The fourth-order valence-corrected chi connectivity index (χ4v) is 1.91. The molecule has 2 rings (SSSR count). The first-order chi connectivity index (χ1) is 9.80. The van der Waals surface area contributed by atoms with Crippen LogP contribution in [0.5, 0.6) is 11.5 Å². The second-order valence-electron chi connectivity index (χ2n) is 4.33. The number of carbonyl (C=O) groups is 1. The Labute approximate surface area is 118 Å². The fraction of sp³-hybridized carbons (Fsp3) is 0.133. The van der Waals surface area contributed by atoms with Crippen LogP contribution in [-0.4, -0.2) is 11.1 Å². The number of phenols is 1. The maximum absolute atomic E-state index is 12.8. The minimum atomic E-state index is -4.61. The summed E-state index contributed by atoms with van der Waals surface area (Å²) in [7, 11) is 0. The first kappa shape index (κ1) is 14.9. The average molecular weight is 296 g/mol. The zero-order valence-electron chi connectivity index (χ0n) is 10.9. The third-order valence-corrected chi connectivity index (χ3v) is 2.91. The number of hydrogen-bond donors (Lipinski definition) is 1. The lowest BCUT2D eigenvalue weighted by atomic mass is 10.0. The van der Waals surface area contributed by atoms with Crippen LogP contribution in [0, 0.1) is 6.92 Å². The van der Waals surface area contributed by atoms with Gasteiger partial charge in [0.2, 0.25) is 0 Å². The quantitative estimate of drug-likeness (QED) is 0.674. The summed E-state index contributed by atoms with van der Waals surface area (Å²) in [4.78, 5) is 12.0. The summed E-state index contributed by atoms with van der Waals surface area (Å²) < 4.78 is 43.4. The third-order valence-electron chi connectivity index (χ3n) is 2.91. The molecule has 0 aromatic heterocycles. The molecule has 110 valence electrons. The van der Waals surface area contributed by atoms with Crippen molar-refractivity contribution in [2.24, 2.45) is 0 Å². The van der Waals surface area contributed by atoms with Gasteiger partial charge in [0.25, 0.3) is 0 Å². The van der Waals surface area contributed by atoms with Crippen molar-refractivity contribution in [3.8, 4) is 11.5 Å². The lowest BCUT2D eigenvalue weighted by molar-refractivity contribution is -0.138. The molecule has 0 radical (unpaired) electrons. The number of halogens is 3. The van der Waals surface area contributed by atoms with Crippen LogP contribution < -0.4 is 4.74 Å². The Bertz CT molecular complexity index is 664. The smallest absolute Gasteiger partial charge is 0.416 e. The van der Waals surface area contributed by atoms with Gasteiger partial charge < -0.3 is 9.84 Å². The maximum atomic E-state index is 12.8.